The van der Waals surface area contributed by atoms with E-state index in [4.69, 9.17) is 33.5 Å². The first-order valence-electron chi connectivity index (χ1n) is 6.72. The highest BCUT2D eigenvalue weighted by molar-refractivity contribution is 7.46. The lowest BCUT2D eigenvalue weighted by Crippen LogP contribution is -2.39. The zero-order chi connectivity index (χ0) is 17.2. The second kappa shape index (κ2) is 7.02. The number of phosphoric acid groups is 1. The van der Waals surface area contributed by atoms with Crippen molar-refractivity contribution >= 4 is 20.1 Å². The smallest absolute Gasteiger partial charge is 0.434 e. The summed E-state index contributed by atoms with van der Waals surface area (Å²) in [6, 6.07) is 0. The highest BCUT2D eigenvalue weighted by Crippen LogP contribution is 2.39. The summed E-state index contributed by atoms with van der Waals surface area (Å²) in [5.74, 6) is 0.0801. The quantitative estimate of drug-likeness (QED) is 0.507. The van der Waals surface area contributed by atoms with Crippen LogP contribution in [-0.2, 0) is 32.8 Å². The van der Waals surface area contributed by atoms with E-state index in [0.29, 0.717) is 0 Å². The maximum absolute atomic E-state index is 11.6. The van der Waals surface area contributed by atoms with Gasteiger partial charge in [0.25, 0.3) is 0 Å². The van der Waals surface area contributed by atoms with Crippen LogP contribution in [0, 0.1) is 5.92 Å². The van der Waals surface area contributed by atoms with Crippen LogP contribution in [0.25, 0.3) is 0 Å². The first kappa shape index (κ1) is 18.0. The molecule has 0 saturated carbocycles. The van der Waals surface area contributed by atoms with E-state index in [1.165, 1.54) is 0 Å². The number of rotatable bonds is 6. The van der Waals surface area contributed by atoms with Crippen molar-refractivity contribution in [1.82, 2.24) is 0 Å². The lowest BCUT2D eigenvalue weighted by molar-refractivity contribution is -0.104. The van der Waals surface area contributed by atoms with E-state index in [2.05, 4.69) is 4.52 Å². The lowest BCUT2D eigenvalue weighted by Gasteiger charge is -2.21. The molecule has 12 heteroatoms. The Morgan fingerprint density at radius 1 is 1.35 bits per heavy atom. The van der Waals surface area contributed by atoms with Gasteiger partial charge in [0.05, 0.1) is 13.2 Å². The fraction of sp³-hybridized carbons (Fsp3) is 0.818. The van der Waals surface area contributed by atoms with Crippen molar-refractivity contribution in [1.29, 1.82) is 0 Å². The van der Waals surface area contributed by atoms with Gasteiger partial charge in [-0.15, -0.1) is 0 Å². The van der Waals surface area contributed by atoms with E-state index in [9.17, 15) is 14.2 Å². The summed E-state index contributed by atoms with van der Waals surface area (Å²) < 4.78 is 39.7. The molecule has 23 heavy (non-hydrogen) atoms. The van der Waals surface area contributed by atoms with Crippen molar-refractivity contribution in [2.24, 2.45) is 5.92 Å². The van der Waals surface area contributed by atoms with Crippen LogP contribution in [0.4, 0.5) is 9.59 Å². The Hall–Kier alpha value is -1.39. The largest absolute Gasteiger partial charge is 0.511 e. The van der Waals surface area contributed by atoms with Crippen LogP contribution in [0.5, 0.6) is 0 Å². The molecule has 11 nitrogen and oxygen atoms in total. The fourth-order valence-electron chi connectivity index (χ4n) is 1.97. The topological polar surface area (TPSA) is 147 Å². The molecule has 0 bridgehead atoms. The van der Waals surface area contributed by atoms with Gasteiger partial charge in [-0.2, -0.15) is 0 Å². The minimum Gasteiger partial charge on any atom is -0.434 e. The minimum absolute atomic E-state index is 0.0801. The summed E-state index contributed by atoms with van der Waals surface area (Å²) in [6.07, 6.45) is -6.54. The number of carbonyl (C=O) groups is 2. The summed E-state index contributed by atoms with van der Waals surface area (Å²) in [6.45, 7) is 3.16. The average Bonchev–Trinajstić information content (AvgIpc) is 2.91. The van der Waals surface area contributed by atoms with Crippen LogP contribution in [0.1, 0.15) is 13.8 Å². The van der Waals surface area contributed by atoms with Crippen molar-refractivity contribution in [3.63, 3.8) is 0 Å². The molecule has 0 aromatic heterocycles. The predicted octanol–water partition coefficient (Wildman–Crippen LogP) is 0.534. The molecule has 0 aromatic rings. The first-order valence-corrected chi connectivity index (χ1v) is 8.25. The van der Waals surface area contributed by atoms with Gasteiger partial charge in [-0.05, 0) is 5.92 Å². The summed E-state index contributed by atoms with van der Waals surface area (Å²) in [5, 5.41) is 0. The van der Waals surface area contributed by atoms with Crippen LogP contribution in [-0.4, -0.2) is 59.9 Å². The average molecular weight is 356 g/mol. The molecule has 4 atom stereocenters. The molecule has 0 amide bonds. The third-order valence-corrected chi connectivity index (χ3v) is 3.37. The summed E-state index contributed by atoms with van der Waals surface area (Å²) in [4.78, 5) is 40.2. The zero-order valence-electron chi connectivity index (χ0n) is 12.3. The predicted molar refractivity (Wildman–Crippen MR) is 69.1 cm³/mol. The van der Waals surface area contributed by atoms with Gasteiger partial charge in [0.2, 0.25) is 12.4 Å². The molecule has 2 N–H and O–H groups in total. The molecule has 2 rings (SSSR count). The third kappa shape index (κ3) is 5.05. The van der Waals surface area contributed by atoms with Gasteiger partial charge in [-0.3, -0.25) is 4.52 Å². The fourth-order valence-corrected chi connectivity index (χ4v) is 2.31. The number of hydrogen-bond donors (Lipinski definition) is 2. The van der Waals surface area contributed by atoms with Crippen LogP contribution < -0.4 is 0 Å². The van der Waals surface area contributed by atoms with Gasteiger partial charge in [-0.25, -0.2) is 14.2 Å². The summed E-state index contributed by atoms with van der Waals surface area (Å²) in [7, 11) is -4.75. The Labute approximate surface area is 131 Å². The molecule has 2 heterocycles. The second-order valence-corrected chi connectivity index (χ2v) is 6.56. The molecule has 132 valence electrons. The van der Waals surface area contributed by atoms with Gasteiger partial charge in [0.15, 0.2) is 6.10 Å². The summed E-state index contributed by atoms with van der Waals surface area (Å²) in [5.41, 5.74) is 0. The van der Waals surface area contributed by atoms with Crippen molar-refractivity contribution in [3.8, 4) is 0 Å². The molecule has 0 aromatic carbocycles. The van der Waals surface area contributed by atoms with Crippen LogP contribution in [0.2, 0.25) is 0 Å². The van der Waals surface area contributed by atoms with E-state index in [1.807, 2.05) is 13.8 Å². The van der Waals surface area contributed by atoms with E-state index in [-0.39, 0.29) is 12.5 Å². The number of hydrogen-bond acceptors (Lipinski definition) is 9. The van der Waals surface area contributed by atoms with E-state index >= 15 is 0 Å². The SMILES string of the molecule is CC(C)COC(=O)O[C@H]1[C@H]2OC(=O)O[C@H]2O[C@@H]1COP(=O)(O)O. The normalized spacial score (nSPS) is 29.9. The van der Waals surface area contributed by atoms with Crippen LogP contribution >= 0.6 is 7.82 Å². The Kier molecular flexibility index (Phi) is 5.48. The molecule has 2 saturated heterocycles. The number of phosphoric ester groups is 1. The Balaban J connectivity index is 1.98. The monoisotopic (exact) mass is 356 g/mol. The molecule has 2 aliphatic heterocycles. The number of carbonyl (C=O) groups excluding carboxylic acids is 2. The Morgan fingerprint density at radius 2 is 2.04 bits per heavy atom. The minimum atomic E-state index is -4.75. The Morgan fingerprint density at radius 3 is 2.65 bits per heavy atom. The van der Waals surface area contributed by atoms with Gasteiger partial charge in [-0.1, -0.05) is 13.8 Å². The second-order valence-electron chi connectivity index (χ2n) is 5.32. The van der Waals surface area contributed by atoms with E-state index in [0.717, 1.165) is 0 Å². The summed E-state index contributed by atoms with van der Waals surface area (Å²) >= 11 is 0. The van der Waals surface area contributed by atoms with Crippen LogP contribution in [0.15, 0.2) is 0 Å². The van der Waals surface area contributed by atoms with Crippen molar-refractivity contribution in [2.45, 2.75) is 38.4 Å². The molecule has 2 fully saturated rings. The molecular weight excluding hydrogens is 339 g/mol. The van der Waals surface area contributed by atoms with Crippen LogP contribution in [0.3, 0.4) is 0 Å². The van der Waals surface area contributed by atoms with Crippen molar-refractivity contribution in [2.75, 3.05) is 13.2 Å². The van der Waals surface area contributed by atoms with Gasteiger partial charge in [0.1, 0.15) is 6.10 Å². The third-order valence-electron chi connectivity index (χ3n) is 2.89. The van der Waals surface area contributed by atoms with Crippen molar-refractivity contribution in [3.05, 3.63) is 0 Å². The van der Waals surface area contributed by atoms with Gasteiger partial charge in [0, 0.05) is 0 Å². The molecule has 2 aliphatic rings. The van der Waals surface area contributed by atoms with Gasteiger partial charge >= 0.3 is 20.1 Å². The lowest BCUT2D eigenvalue weighted by atomic mass is 10.1. The maximum Gasteiger partial charge on any atom is 0.511 e. The molecule has 0 radical (unpaired) electrons. The zero-order valence-corrected chi connectivity index (χ0v) is 13.2. The molecule has 0 unspecified atom stereocenters. The number of fused-ring (bicyclic) bond motifs is 1. The first-order chi connectivity index (χ1) is 10.7. The van der Waals surface area contributed by atoms with Gasteiger partial charge < -0.3 is 33.5 Å². The van der Waals surface area contributed by atoms with E-state index in [1.54, 1.807) is 0 Å². The van der Waals surface area contributed by atoms with E-state index < -0.39 is 51.3 Å². The standard InChI is InChI=1S/C11H17O11P/c1-5(2)3-17-10(12)20-7-6(4-18-23(14,15)16)19-9-8(7)21-11(13)22-9/h5-9H,3-4H2,1-2H3,(H2,14,15,16)/t6-,7-,8-,9-/m1/s1. The number of ether oxygens (including phenoxy) is 5. The highest BCUT2D eigenvalue weighted by atomic mass is 31.2. The highest BCUT2D eigenvalue weighted by Gasteiger charge is 2.56. The molecule has 0 spiro atoms. The van der Waals surface area contributed by atoms with Crippen molar-refractivity contribution < 1.29 is 52.1 Å². The Bertz CT molecular complexity index is 500. The maximum atomic E-state index is 11.6. The molecular formula is C11H17O11P. The molecule has 0 aliphatic carbocycles.